The van der Waals surface area contributed by atoms with Crippen molar-refractivity contribution in [3.63, 3.8) is 0 Å². The van der Waals surface area contributed by atoms with Crippen molar-refractivity contribution in [2.75, 3.05) is 11.9 Å². The molecule has 1 unspecified atom stereocenters. The Bertz CT molecular complexity index is 480. The molecule has 0 fully saturated rings. The first-order valence-electron chi connectivity index (χ1n) is 6.60. The number of esters is 1. The van der Waals surface area contributed by atoms with Crippen molar-refractivity contribution in [1.29, 1.82) is 0 Å². The molecule has 2 rings (SSSR count). The lowest BCUT2D eigenvalue weighted by molar-refractivity contribution is -0.155. The minimum atomic E-state index is -0.463. The summed E-state index contributed by atoms with van der Waals surface area (Å²) < 4.78 is 18.5. The fourth-order valence-corrected chi connectivity index (χ4v) is 2.37. The topological polar surface area (TPSA) is 38.3 Å². The van der Waals surface area contributed by atoms with Crippen LogP contribution in [0.1, 0.15) is 45.1 Å². The largest absolute Gasteiger partial charge is 0.460 e. The van der Waals surface area contributed by atoms with Crippen LogP contribution in [0.3, 0.4) is 0 Å². The molecule has 0 amide bonds. The van der Waals surface area contributed by atoms with Crippen molar-refractivity contribution in [2.24, 2.45) is 0 Å². The van der Waals surface area contributed by atoms with E-state index in [1.807, 2.05) is 20.8 Å². The van der Waals surface area contributed by atoms with E-state index in [9.17, 15) is 9.18 Å². The summed E-state index contributed by atoms with van der Waals surface area (Å²) in [5.74, 6) is -0.356. The van der Waals surface area contributed by atoms with Crippen LogP contribution < -0.4 is 5.32 Å². The van der Waals surface area contributed by atoms with E-state index in [2.05, 4.69) is 5.32 Å². The van der Waals surface area contributed by atoms with E-state index in [0.717, 1.165) is 24.2 Å². The molecule has 1 atom stereocenters. The summed E-state index contributed by atoms with van der Waals surface area (Å²) in [5, 5.41) is 3.16. The lowest BCUT2D eigenvalue weighted by atomic mass is 9.88. The van der Waals surface area contributed by atoms with Gasteiger partial charge in [0.1, 0.15) is 11.4 Å². The van der Waals surface area contributed by atoms with Crippen LogP contribution in [0.15, 0.2) is 18.2 Å². The zero-order valence-electron chi connectivity index (χ0n) is 11.6. The quantitative estimate of drug-likeness (QED) is 0.832. The van der Waals surface area contributed by atoms with Gasteiger partial charge >= 0.3 is 5.97 Å². The van der Waals surface area contributed by atoms with E-state index >= 15 is 0 Å². The van der Waals surface area contributed by atoms with Gasteiger partial charge in [-0.25, -0.2) is 4.39 Å². The standard InChI is InChI=1S/C15H20FNO2/c1-15(2,3)19-14(18)8-10-6-7-17-13-9-11(16)4-5-12(10)13/h4-5,9-10,17H,6-8H2,1-3H3. The molecule has 104 valence electrons. The predicted molar refractivity (Wildman–Crippen MR) is 72.7 cm³/mol. The van der Waals surface area contributed by atoms with Crippen LogP contribution in [-0.2, 0) is 9.53 Å². The van der Waals surface area contributed by atoms with E-state index in [0.29, 0.717) is 6.42 Å². The van der Waals surface area contributed by atoms with Crippen molar-refractivity contribution < 1.29 is 13.9 Å². The summed E-state index contributed by atoms with van der Waals surface area (Å²) in [6, 6.07) is 4.68. The second-order valence-corrected chi connectivity index (χ2v) is 5.93. The first kappa shape index (κ1) is 13.8. The van der Waals surface area contributed by atoms with Crippen LogP contribution in [0.25, 0.3) is 0 Å². The number of rotatable bonds is 2. The van der Waals surface area contributed by atoms with Crippen molar-refractivity contribution >= 4 is 11.7 Å². The highest BCUT2D eigenvalue weighted by Crippen LogP contribution is 2.34. The van der Waals surface area contributed by atoms with Crippen LogP contribution in [0.2, 0.25) is 0 Å². The maximum atomic E-state index is 13.2. The van der Waals surface area contributed by atoms with Gasteiger partial charge in [0.05, 0.1) is 6.42 Å². The Morgan fingerprint density at radius 1 is 1.47 bits per heavy atom. The summed E-state index contributed by atoms with van der Waals surface area (Å²) in [6.07, 6.45) is 1.20. The summed E-state index contributed by atoms with van der Waals surface area (Å²) >= 11 is 0. The lowest BCUT2D eigenvalue weighted by Gasteiger charge is -2.27. The third-order valence-electron chi connectivity index (χ3n) is 3.10. The van der Waals surface area contributed by atoms with Crippen molar-refractivity contribution in [1.82, 2.24) is 0 Å². The smallest absolute Gasteiger partial charge is 0.306 e. The third-order valence-corrected chi connectivity index (χ3v) is 3.10. The number of carbonyl (C=O) groups excluding carboxylic acids is 1. The van der Waals surface area contributed by atoms with Gasteiger partial charge in [0, 0.05) is 12.2 Å². The summed E-state index contributed by atoms with van der Waals surface area (Å²) in [5.41, 5.74) is 1.33. The van der Waals surface area contributed by atoms with Crippen molar-refractivity contribution in [3.8, 4) is 0 Å². The zero-order chi connectivity index (χ0) is 14.0. The van der Waals surface area contributed by atoms with E-state index in [1.54, 1.807) is 6.07 Å². The van der Waals surface area contributed by atoms with Gasteiger partial charge in [-0.15, -0.1) is 0 Å². The second kappa shape index (κ2) is 5.19. The zero-order valence-corrected chi connectivity index (χ0v) is 11.6. The Labute approximate surface area is 113 Å². The van der Waals surface area contributed by atoms with E-state index in [-0.39, 0.29) is 17.7 Å². The van der Waals surface area contributed by atoms with Gasteiger partial charge in [0.25, 0.3) is 0 Å². The molecule has 4 heteroatoms. The Kier molecular flexibility index (Phi) is 3.78. The molecule has 0 spiro atoms. The molecule has 0 saturated heterocycles. The molecular weight excluding hydrogens is 245 g/mol. The van der Waals surface area contributed by atoms with Crippen molar-refractivity contribution in [3.05, 3.63) is 29.6 Å². The highest BCUT2D eigenvalue weighted by molar-refractivity contribution is 5.72. The van der Waals surface area contributed by atoms with Gasteiger partial charge < -0.3 is 10.1 Å². The molecule has 1 heterocycles. The molecule has 0 aliphatic carbocycles. The number of halogens is 1. The molecule has 1 aliphatic rings. The molecule has 1 N–H and O–H groups in total. The maximum Gasteiger partial charge on any atom is 0.306 e. The highest BCUT2D eigenvalue weighted by Gasteiger charge is 2.25. The van der Waals surface area contributed by atoms with Crippen LogP contribution in [0, 0.1) is 5.82 Å². The number of carbonyl (C=O) groups is 1. The molecule has 0 bridgehead atoms. The Hall–Kier alpha value is -1.58. The number of benzene rings is 1. The second-order valence-electron chi connectivity index (χ2n) is 5.93. The fraction of sp³-hybridized carbons (Fsp3) is 0.533. The molecule has 0 radical (unpaired) electrons. The van der Waals surface area contributed by atoms with Gasteiger partial charge in [-0.2, -0.15) is 0 Å². The molecule has 19 heavy (non-hydrogen) atoms. The number of hydrogen-bond acceptors (Lipinski definition) is 3. The first-order valence-corrected chi connectivity index (χ1v) is 6.60. The average molecular weight is 265 g/mol. The van der Waals surface area contributed by atoms with Crippen LogP contribution in [0.4, 0.5) is 10.1 Å². The molecule has 1 aromatic rings. The molecule has 1 aromatic carbocycles. The first-order chi connectivity index (χ1) is 8.85. The average Bonchev–Trinajstić information content (AvgIpc) is 2.26. The maximum absolute atomic E-state index is 13.2. The van der Waals surface area contributed by atoms with Gasteiger partial charge in [-0.3, -0.25) is 4.79 Å². The van der Waals surface area contributed by atoms with E-state index in [1.165, 1.54) is 12.1 Å². The van der Waals surface area contributed by atoms with Gasteiger partial charge in [0.15, 0.2) is 0 Å². The van der Waals surface area contributed by atoms with Gasteiger partial charge in [0.2, 0.25) is 0 Å². The summed E-state index contributed by atoms with van der Waals surface area (Å²) in [7, 11) is 0. The summed E-state index contributed by atoms with van der Waals surface area (Å²) in [4.78, 5) is 11.9. The van der Waals surface area contributed by atoms with E-state index < -0.39 is 5.60 Å². The monoisotopic (exact) mass is 265 g/mol. The van der Waals surface area contributed by atoms with Gasteiger partial charge in [-0.05, 0) is 50.8 Å². The fourth-order valence-electron chi connectivity index (χ4n) is 2.37. The minimum absolute atomic E-state index is 0.103. The lowest BCUT2D eigenvalue weighted by Crippen LogP contribution is -2.26. The Balaban J connectivity index is 2.09. The highest BCUT2D eigenvalue weighted by atomic mass is 19.1. The third kappa shape index (κ3) is 3.69. The van der Waals surface area contributed by atoms with Crippen molar-refractivity contribution in [2.45, 2.75) is 45.1 Å². The summed E-state index contributed by atoms with van der Waals surface area (Å²) in [6.45, 7) is 6.33. The van der Waals surface area contributed by atoms with Crippen LogP contribution >= 0.6 is 0 Å². The predicted octanol–water partition coefficient (Wildman–Crippen LogP) is 3.46. The molecule has 0 aromatic heterocycles. The molecule has 0 saturated carbocycles. The number of fused-ring (bicyclic) bond motifs is 1. The number of hydrogen-bond donors (Lipinski definition) is 1. The minimum Gasteiger partial charge on any atom is -0.460 e. The Morgan fingerprint density at radius 3 is 2.89 bits per heavy atom. The SMILES string of the molecule is CC(C)(C)OC(=O)CC1CCNc2cc(F)ccc21. The number of anilines is 1. The van der Waals surface area contributed by atoms with E-state index in [4.69, 9.17) is 4.74 Å². The van der Waals surface area contributed by atoms with Crippen LogP contribution in [-0.4, -0.2) is 18.1 Å². The van der Waals surface area contributed by atoms with Gasteiger partial charge in [-0.1, -0.05) is 6.07 Å². The Morgan fingerprint density at radius 2 is 2.21 bits per heavy atom. The number of nitrogens with one attached hydrogen (secondary N) is 1. The molecule has 3 nitrogen and oxygen atoms in total. The molecule has 1 aliphatic heterocycles. The molecular formula is C15H20FNO2. The normalized spacial score (nSPS) is 18.4. The van der Waals surface area contributed by atoms with Crippen LogP contribution in [0.5, 0.6) is 0 Å². The number of ether oxygens (including phenoxy) is 1.